The van der Waals surface area contributed by atoms with E-state index in [1.165, 1.54) is 12.5 Å². The topological polar surface area (TPSA) is 71.1 Å². The predicted molar refractivity (Wildman–Crippen MR) is 150 cm³/mol. The monoisotopic (exact) mass is 556 g/mol. The molecule has 1 aliphatic rings. The molecule has 1 unspecified atom stereocenters. The average Bonchev–Trinajstić information content (AvgIpc) is 2.85. The summed E-state index contributed by atoms with van der Waals surface area (Å²) in [6, 6.07) is 17.2. The zero-order valence-electron chi connectivity index (χ0n) is 22.5. The number of benzene rings is 3. The predicted octanol–water partition coefficient (Wildman–Crippen LogP) is 8.30. The molecule has 0 aromatic heterocycles. The van der Waals surface area contributed by atoms with E-state index in [-0.39, 0.29) is 24.3 Å². The molecule has 4 rings (SSSR count). The fraction of sp³-hybridized carbons (Fsp3) is 0.367. The van der Waals surface area contributed by atoms with Gasteiger partial charge in [0.2, 0.25) is 0 Å². The summed E-state index contributed by atoms with van der Waals surface area (Å²) in [6.07, 6.45) is 0.796. The lowest BCUT2D eigenvalue weighted by molar-refractivity contribution is -0.131. The standard InChI is InChI=1S/C30H34ClO6P/c1-19(2)27-15-23(9-10-30(27)36-22(5)32)16-28-20(3)13-26(14-21(28)4)34-18-38(33)35-12-11-29(37-38)24-7-6-8-25(31)17-24/h6-10,13-15,17,19,29H,11-12,16,18H2,1-5H3/t29?,38-/m1/s1. The lowest BCUT2D eigenvalue weighted by Gasteiger charge is -2.30. The highest BCUT2D eigenvalue weighted by Gasteiger charge is 2.35. The number of halogens is 1. The summed E-state index contributed by atoms with van der Waals surface area (Å²) in [4.78, 5) is 11.5. The van der Waals surface area contributed by atoms with Crippen LogP contribution in [0, 0.1) is 13.8 Å². The van der Waals surface area contributed by atoms with Crippen LogP contribution in [0.15, 0.2) is 54.6 Å². The van der Waals surface area contributed by atoms with Crippen molar-refractivity contribution in [2.45, 2.75) is 59.5 Å². The van der Waals surface area contributed by atoms with Crippen molar-refractivity contribution in [2.75, 3.05) is 13.0 Å². The molecule has 8 heteroatoms. The maximum absolute atomic E-state index is 13.3. The van der Waals surface area contributed by atoms with Gasteiger partial charge < -0.3 is 14.0 Å². The van der Waals surface area contributed by atoms with Crippen LogP contribution < -0.4 is 9.47 Å². The number of carbonyl (C=O) groups excluding carboxylic acids is 1. The van der Waals surface area contributed by atoms with Crippen LogP contribution in [-0.2, 0) is 24.8 Å². The van der Waals surface area contributed by atoms with Crippen LogP contribution in [0.1, 0.15) is 72.6 Å². The first-order valence-electron chi connectivity index (χ1n) is 12.7. The minimum atomic E-state index is -3.44. The van der Waals surface area contributed by atoms with Gasteiger partial charge in [0, 0.05) is 18.4 Å². The lowest BCUT2D eigenvalue weighted by atomic mass is 9.93. The molecule has 1 fully saturated rings. The van der Waals surface area contributed by atoms with E-state index >= 15 is 0 Å². The number of rotatable bonds is 8. The minimum Gasteiger partial charge on any atom is -0.481 e. The SMILES string of the molecule is CC(=O)Oc1ccc(Cc2c(C)cc(OC[P@@]3(=O)OCCC(c4cccc(Cl)c4)O3)cc2C)cc1C(C)C. The number of ether oxygens (including phenoxy) is 2. The van der Waals surface area contributed by atoms with Gasteiger partial charge in [-0.25, -0.2) is 0 Å². The van der Waals surface area contributed by atoms with Crippen molar-refractivity contribution in [1.29, 1.82) is 0 Å². The number of hydrogen-bond donors (Lipinski definition) is 0. The zero-order valence-corrected chi connectivity index (χ0v) is 24.1. The zero-order chi connectivity index (χ0) is 27.4. The second kappa shape index (κ2) is 12.0. The van der Waals surface area contributed by atoms with E-state index in [0.29, 0.717) is 29.5 Å². The smallest absolute Gasteiger partial charge is 0.368 e. The summed E-state index contributed by atoms with van der Waals surface area (Å²) >= 11 is 6.12. The molecule has 0 amide bonds. The molecule has 1 heterocycles. The Morgan fingerprint density at radius 3 is 2.50 bits per heavy atom. The Balaban J connectivity index is 1.46. The average molecular weight is 557 g/mol. The molecule has 1 saturated heterocycles. The van der Waals surface area contributed by atoms with Crippen LogP contribution >= 0.6 is 19.2 Å². The molecule has 0 N–H and O–H groups in total. The largest absolute Gasteiger partial charge is 0.481 e. The van der Waals surface area contributed by atoms with Gasteiger partial charge in [-0.15, -0.1) is 0 Å². The van der Waals surface area contributed by atoms with Gasteiger partial charge in [-0.1, -0.05) is 49.7 Å². The van der Waals surface area contributed by atoms with Gasteiger partial charge in [0.25, 0.3) is 0 Å². The van der Waals surface area contributed by atoms with Crippen LogP contribution in [0.4, 0.5) is 0 Å². The van der Waals surface area contributed by atoms with E-state index in [9.17, 15) is 9.36 Å². The molecule has 0 bridgehead atoms. The molecule has 0 spiro atoms. The Morgan fingerprint density at radius 1 is 1.11 bits per heavy atom. The van der Waals surface area contributed by atoms with Crippen molar-refractivity contribution in [3.63, 3.8) is 0 Å². The molecule has 3 aromatic carbocycles. The minimum absolute atomic E-state index is 0.169. The summed E-state index contributed by atoms with van der Waals surface area (Å²) < 4.78 is 36.1. The van der Waals surface area contributed by atoms with E-state index < -0.39 is 7.60 Å². The van der Waals surface area contributed by atoms with Gasteiger partial charge in [-0.05, 0) is 89.9 Å². The van der Waals surface area contributed by atoms with E-state index in [0.717, 1.165) is 34.2 Å². The molecule has 202 valence electrons. The summed E-state index contributed by atoms with van der Waals surface area (Å²) in [5.74, 6) is 1.11. The Labute approximate surface area is 229 Å². The third-order valence-electron chi connectivity index (χ3n) is 6.57. The quantitative estimate of drug-likeness (QED) is 0.158. The first-order valence-corrected chi connectivity index (χ1v) is 14.8. The van der Waals surface area contributed by atoms with E-state index in [2.05, 4.69) is 19.9 Å². The highest BCUT2D eigenvalue weighted by atomic mass is 35.5. The van der Waals surface area contributed by atoms with Crippen molar-refractivity contribution in [3.05, 3.63) is 93.0 Å². The number of carbonyl (C=O) groups is 1. The summed E-state index contributed by atoms with van der Waals surface area (Å²) in [6.45, 7) is 9.97. The maximum atomic E-state index is 13.3. The first kappa shape index (κ1) is 28.4. The molecule has 0 saturated carbocycles. The van der Waals surface area contributed by atoms with Gasteiger partial charge in [0.1, 0.15) is 11.5 Å². The molecular weight excluding hydrogens is 523 g/mol. The number of aryl methyl sites for hydroxylation is 2. The summed E-state index contributed by atoms with van der Waals surface area (Å²) in [5.41, 5.74) is 6.32. The Kier molecular flexibility index (Phi) is 9.00. The van der Waals surface area contributed by atoms with Crippen LogP contribution in [0.5, 0.6) is 11.5 Å². The highest BCUT2D eigenvalue weighted by molar-refractivity contribution is 7.53. The second-order valence-corrected chi connectivity index (χ2v) is 12.4. The summed E-state index contributed by atoms with van der Waals surface area (Å²) in [5, 5.41) is 0.607. The van der Waals surface area contributed by atoms with Crippen molar-refractivity contribution >= 4 is 25.2 Å². The van der Waals surface area contributed by atoms with E-state index in [4.69, 9.17) is 30.1 Å². The maximum Gasteiger partial charge on any atom is 0.368 e. The molecule has 2 atom stereocenters. The fourth-order valence-electron chi connectivity index (χ4n) is 4.66. The first-order chi connectivity index (χ1) is 18.0. The molecular formula is C30H34ClO6P. The Bertz CT molecular complexity index is 1350. The molecule has 3 aromatic rings. The van der Waals surface area contributed by atoms with Crippen molar-refractivity contribution in [1.82, 2.24) is 0 Å². The van der Waals surface area contributed by atoms with Crippen LogP contribution in [0.25, 0.3) is 0 Å². The van der Waals surface area contributed by atoms with Gasteiger partial charge in [-0.3, -0.25) is 13.9 Å². The Morgan fingerprint density at radius 2 is 1.84 bits per heavy atom. The molecule has 6 nitrogen and oxygen atoms in total. The normalized spacial score (nSPS) is 19.4. The van der Waals surface area contributed by atoms with Crippen molar-refractivity contribution in [3.8, 4) is 11.5 Å². The lowest BCUT2D eigenvalue weighted by Crippen LogP contribution is -2.17. The van der Waals surface area contributed by atoms with Crippen LogP contribution in [0.3, 0.4) is 0 Å². The van der Waals surface area contributed by atoms with Crippen molar-refractivity contribution < 1.29 is 27.9 Å². The van der Waals surface area contributed by atoms with Crippen molar-refractivity contribution in [2.24, 2.45) is 0 Å². The molecule has 1 aliphatic heterocycles. The number of hydrogen-bond acceptors (Lipinski definition) is 6. The fourth-order valence-corrected chi connectivity index (χ4v) is 6.36. The van der Waals surface area contributed by atoms with E-state index in [1.807, 2.05) is 56.3 Å². The molecule has 0 aliphatic carbocycles. The Hall–Kier alpha value is -2.63. The third kappa shape index (κ3) is 7.06. The van der Waals surface area contributed by atoms with Gasteiger partial charge in [0.15, 0.2) is 6.35 Å². The van der Waals surface area contributed by atoms with Crippen LogP contribution in [-0.4, -0.2) is 18.9 Å². The van der Waals surface area contributed by atoms with Gasteiger partial charge in [-0.2, -0.15) is 0 Å². The second-order valence-electron chi connectivity index (χ2n) is 9.99. The summed E-state index contributed by atoms with van der Waals surface area (Å²) in [7, 11) is -3.44. The molecule has 0 radical (unpaired) electrons. The van der Waals surface area contributed by atoms with Gasteiger partial charge in [0.05, 0.1) is 12.7 Å². The molecule has 38 heavy (non-hydrogen) atoms. The highest BCUT2D eigenvalue weighted by Crippen LogP contribution is 2.56. The third-order valence-corrected chi connectivity index (χ3v) is 8.40. The van der Waals surface area contributed by atoms with Gasteiger partial charge >= 0.3 is 13.6 Å². The number of esters is 1. The van der Waals surface area contributed by atoms with Crippen LogP contribution in [0.2, 0.25) is 5.02 Å². The van der Waals surface area contributed by atoms with E-state index in [1.54, 1.807) is 6.07 Å².